The van der Waals surface area contributed by atoms with Gasteiger partial charge in [0.2, 0.25) is 12.2 Å². The zero-order valence-electron chi connectivity index (χ0n) is 14.2. The molecule has 0 saturated carbocycles. The summed E-state index contributed by atoms with van der Waals surface area (Å²) in [6.07, 6.45) is 0.744. The summed E-state index contributed by atoms with van der Waals surface area (Å²) >= 11 is 0. The highest BCUT2D eigenvalue weighted by molar-refractivity contribution is 5.80. The minimum absolute atomic E-state index is 0.0163. The van der Waals surface area contributed by atoms with Gasteiger partial charge in [-0.2, -0.15) is 10.5 Å². The number of nitrogens with zero attached hydrogens (tertiary/aromatic N) is 4. The number of benzene rings is 1. The first-order valence-corrected chi connectivity index (χ1v) is 7.64. The van der Waals surface area contributed by atoms with Crippen LogP contribution in [0.4, 0.5) is 0 Å². The molecule has 2 atom stereocenters. The second-order valence-corrected chi connectivity index (χ2v) is 6.53. The molecule has 1 aliphatic heterocycles. The van der Waals surface area contributed by atoms with Crippen molar-refractivity contribution in [2.24, 2.45) is 10.7 Å². The molecule has 1 aromatic carbocycles. The van der Waals surface area contributed by atoms with Crippen molar-refractivity contribution in [3.8, 4) is 18.0 Å². The molecular weight excluding hydrogens is 306 g/mol. The monoisotopic (exact) mass is 327 g/mol. The lowest BCUT2D eigenvalue weighted by atomic mass is 9.84. The third-order valence-corrected chi connectivity index (χ3v) is 4.13. The average Bonchev–Trinajstić information content (AvgIpc) is 2.51. The van der Waals surface area contributed by atoms with Crippen LogP contribution >= 0.6 is 0 Å². The first-order chi connectivity index (χ1) is 11.2. The number of aliphatic hydroxyl groups is 1. The van der Waals surface area contributed by atoms with E-state index in [9.17, 15) is 10.4 Å². The number of hydrogen-bond donors (Lipinski definition) is 2. The van der Waals surface area contributed by atoms with E-state index in [0.29, 0.717) is 16.9 Å². The van der Waals surface area contributed by atoms with Crippen molar-refractivity contribution in [3.05, 3.63) is 29.3 Å². The van der Waals surface area contributed by atoms with Gasteiger partial charge in [0.25, 0.3) is 0 Å². The topological polar surface area (TPSA) is 119 Å². The molecule has 0 aromatic heterocycles. The number of nitrogens with two attached hydrogens (primary N) is 1. The molecule has 0 radical (unpaired) electrons. The Bertz CT molecular complexity index is 742. The molecule has 0 saturated heterocycles. The van der Waals surface area contributed by atoms with Crippen molar-refractivity contribution >= 4 is 5.96 Å². The van der Waals surface area contributed by atoms with Crippen LogP contribution in [0.25, 0.3) is 0 Å². The molecule has 0 spiro atoms. The smallest absolute Gasteiger partial charge is 0.209 e. The van der Waals surface area contributed by atoms with Gasteiger partial charge < -0.3 is 20.5 Å². The zero-order valence-corrected chi connectivity index (χ0v) is 14.2. The molecule has 0 fully saturated rings. The van der Waals surface area contributed by atoms with Crippen molar-refractivity contribution in [3.63, 3.8) is 0 Å². The molecule has 1 aliphatic rings. The normalized spacial score (nSPS) is 22.1. The largest absolute Gasteiger partial charge is 0.485 e. The second kappa shape index (κ2) is 6.38. The maximum absolute atomic E-state index is 10.9. The van der Waals surface area contributed by atoms with Crippen LogP contribution in [0, 0.1) is 22.8 Å². The van der Waals surface area contributed by atoms with E-state index < -0.39 is 17.7 Å². The number of aliphatic imine (C=N–C) groups is 1. The van der Waals surface area contributed by atoms with E-state index in [1.807, 2.05) is 13.8 Å². The summed E-state index contributed by atoms with van der Waals surface area (Å²) < 4.78 is 5.90. The van der Waals surface area contributed by atoms with E-state index in [-0.39, 0.29) is 12.0 Å². The van der Waals surface area contributed by atoms with Gasteiger partial charge in [-0.1, -0.05) is 0 Å². The van der Waals surface area contributed by atoms with Gasteiger partial charge in [-0.3, -0.25) is 0 Å². The molecule has 0 bridgehead atoms. The molecule has 0 amide bonds. The van der Waals surface area contributed by atoms with Gasteiger partial charge in [0.05, 0.1) is 17.7 Å². The fourth-order valence-electron chi connectivity index (χ4n) is 2.98. The SMILES string of the molecule is CC(C)N(/C(N)=N\C#N)C1c2cc(C#N)ccc2OC(C)(C)C1O. The number of rotatable bonds is 2. The quantitative estimate of drug-likeness (QED) is 0.484. The van der Waals surface area contributed by atoms with E-state index in [0.717, 1.165) is 0 Å². The van der Waals surface area contributed by atoms with Crippen LogP contribution in [-0.4, -0.2) is 33.7 Å². The Morgan fingerprint density at radius 3 is 2.62 bits per heavy atom. The Morgan fingerprint density at radius 1 is 1.42 bits per heavy atom. The summed E-state index contributed by atoms with van der Waals surface area (Å²) in [7, 11) is 0. The van der Waals surface area contributed by atoms with Crippen LogP contribution in [0.1, 0.15) is 44.9 Å². The van der Waals surface area contributed by atoms with Gasteiger partial charge in [-0.15, -0.1) is 4.99 Å². The highest BCUT2D eigenvalue weighted by atomic mass is 16.5. The summed E-state index contributed by atoms with van der Waals surface area (Å²) in [4.78, 5) is 5.31. The van der Waals surface area contributed by atoms with Crippen LogP contribution in [-0.2, 0) is 0 Å². The molecule has 126 valence electrons. The van der Waals surface area contributed by atoms with Crippen molar-refractivity contribution < 1.29 is 9.84 Å². The number of ether oxygens (including phenoxy) is 1. The molecule has 7 heteroatoms. The molecule has 0 aliphatic carbocycles. The van der Waals surface area contributed by atoms with Crippen molar-refractivity contribution in [2.75, 3.05) is 0 Å². The summed E-state index contributed by atoms with van der Waals surface area (Å²) in [5.74, 6) is 0.590. The van der Waals surface area contributed by atoms with Gasteiger partial charge >= 0.3 is 0 Å². The number of aliphatic hydroxyl groups excluding tert-OH is 1. The van der Waals surface area contributed by atoms with Crippen LogP contribution in [0.3, 0.4) is 0 Å². The maximum Gasteiger partial charge on any atom is 0.209 e. The van der Waals surface area contributed by atoms with E-state index in [1.54, 1.807) is 43.1 Å². The number of nitriles is 2. The highest BCUT2D eigenvalue weighted by Crippen LogP contribution is 2.43. The van der Waals surface area contributed by atoms with Gasteiger partial charge in [0.1, 0.15) is 17.5 Å². The van der Waals surface area contributed by atoms with E-state index in [4.69, 9.17) is 15.7 Å². The van der Waals surface area contributed by atoms with Crippen molar-refractivity contribution in [1.29, 1.82) is 10.5 Å². The lowest BCUT2D eigenvalue weighted by Gasteiger charge is -2.47. The minimum Gasteiger partial charge on any atom is -0.485 e. The van der Waals surface area contributed by atoms with Crippen LogP contribution in [0.15, 0.2) is 23.2 Å². The van der Waals surface area contributed by atoms with E-state index in [2.05, 4.69) is 11.1 Å². The van der Waals surface area contributed by atoms with Gasteiger partial charge in [-0.25, -0.2) is 0 Å². The average molecular weight is 327 g/mol. The third kappa shape index (κ3) is 2.99. The molecule has 3 N–H and O–H groups in total. The summed E-state index contributed by atoms with van der Waals surface area (Å²) in [5.41, 5.74) is 6.20. The predicted octanol–water partition coefficient (Wildman–Crippen LogP) is 1.64. The third-order valence-electron chi connectivity index (χ3n) is 4.13. The Hall–Kier alpha value is -2.77. The molecule has 2 unspecified atom stereocenters. The standard InChI is InChI=1S/C17H21N5O2/c1-10(2)22(16(20)21-9-19)14-12-7-11(8-18)5-6-13(12)24-17(3,4)15(14)23/h5-7,10,14-15,23H,1-4H3,(H2,20,21). The Labute approximate surface area is 141 Å². The maximum atomic E-state index is 10.9. The molecule has 1 aromatic rings. The molecule has 1 heterocycles. The Kier molecular flexibility index (Phi) is 4.68. The van der Waals surface area contributed by atoms with Crippen LogP contribution in [0.5, 0.6) is 5.75 Å². The molecule has 7 nitrogen and oxygen atoms in total. The fourth-order valence-corrected chi connectivity index (χ4v) is 2.98. The van der Waals surface area contributed by atoms with E-state index in [1.165, 1.54) is 0 Å². The van der Waals surface area contributed by atoms with E-state index >= 15 is 0 Å². The summed E-state index contributed by atoms with van der Waals surface area (Å²) in [6.45, 7) is 7.34. The van der Waals surface area contributed by atoms with Gasteiger partial charge in [0.15, 0.2) is 0 Å². The second-order valence-electron chi connectivity index (χ2n) is 6.53. The molecule has 2 rings (SSSR count). The first kappa shape index (κ1) is 17.6. The number of hydrogen-bond acceptors (Lipinski definition) is 5. The zero-order chi connectivity index (χ0) is 18.1. The summed E-state index contributed by atoms with van der Waals surface area (Å²) in [6, 6.07) is 6.42. The van der Waals surface area contributed by atoms with Gasteiger partial charge in [0, 0.05) is 11.6 Å². The van der Waals surface area contributed by atoms with Crippen molar-refractivity contribution in [2.45, 2.75) is 51.5 Å². The van der Waals surface area contributed by atoms with Crippen molar-refractivity contribution in [1.82, 2.24) is 4.90 Å². The number of guanidine groups is 1. The predicted molar refractivity (Wildman–Crippen MR) is 88.8 cm³/mol. The highest BCUT2D eigenvalue weighted by Gasteiger charge is 2.46. The molecular formula is C17H21N5O2. The molecule has 24 heavy (non-hydrogen) atoms. The van der Waals surface area contributed by atoms with Crippen LogP contribution in [0.2, 0.25) is 0 Å². The lowest BCUT2D eigenvalue weighted by molar-refractivity contribution is -0.0854. The lowest BCUT2D eigenvalue weighted by Crippen LogP contribution is -2.57. The van der Waals surface area contributed by atoms with Crippen LogP contribution < -0.4 is 10.5 Å². The first-order valence-electron chi connectivity index (χ1n) is 7.64. The fraction of sp³-hybridized carbons (Fsp3) is 0.471. The number of fused-ring (bicyclic) bond motifs is 1. The van der Waals surface area contributed by atoms with Gasteiger partial charge in [-0.05, 0) is 45.9 Å². The Morgan fingerprint density at radius 2 is 2.08 bits per heavy atom. The summed E-state index contributed by atoms with van der Waals surface area (Å²) in [5, 5.41) is 28.9. The Balaban J connectivity index is 2.68. The minimum atomic E-state index is -0.936.